The normalized spacial score (nSPS) is 12.3. The smallest absolute Gasteiger partial charge is 0.416 e. The summed E-state index contributed by atoms with van der Waals surface area (Å²) in [6.07, 6.45) is 1.64. The molecule has 40 heavy (non-hydrogen) atoms. The Balaban J connectivity index is 1.63. The minimum Gasteiger partial charge on any atom is -0.467 e. The van der Waals surface area contributed by atoms with E-state index in [-0.39, 0.29) is 13.0 Å². The number of aryl methyl sites for hydroxylation is 1. The van der Waals surface area contributed by atoms with Gasteiger partial charge in [-0.3, -0.25) is 14.5 Å². The fourth-order valence-electron chi connectivity index (χ4n) is 4.16. The Labute approximate surface area is 229 Å². The highest BCUT2D eigenvalue weighted by atomic mass is 19.4. The highest BCUT2D eigenvalue weighted by Gasteiger charge is 2.32. The van der Waals surface area contributed by atoms with Crippen molar-refractivity contribution in [3.05, 3.63) is 114 Å². The van der Waals surface area contributed by atoms with Crippen molar-refractivity contribution in [1.82, 2.24) is 19.7 Å². The SMILES string of the molecule is COC(=O)C(Cc1ccnn1C)N(Cc1ccc(-c2ccccn2)cc1)C(=O)/C=C/c1ccc(C(F)(F)F)cc1. The highest BCUT2D eigenvalue weighted by Crippen LogP contribution is 2.29. The second-order valence-corrected chi connectivity index (χ2v) is 9.02. The van der Waals surface area contributed by atoms with Gasteiger partial charge in [-0.25, -0.2) is 4.79 Å². The van der Waals surface area contributed by atoms with Gasteiger partial charge in [-0.1, -0.05) is 42.5 Å². The molecule has 0 radical (unpaired) electrons. The Hall–Kier alpha value is -4.73. The maximum atomic E-state index is 13.5. The highest BCUT2D eigenvalue weighted by molar-refractivity contribution is 5.94. The Morgan fingerprint density at radius 2 is 1.73 bits per heavy atom. The average molecular weight is 549 g/mol. The number of halogens is 3. The maximum Gasteiger partial charge on any atom is 0.416 e. The third-order valence-corrected chi connectivity index (χ3v) is 6.38. The molecule has 0 N–H and O–H groups in total. The van der Waals surface area contributed by atoms with E-state index in [1.165, 1.54) is 36.3 Å². The summed E-state index contributed by atoms with van der Waals surface area (Å²) in [6, 6.07) is 18.3. The van der Waals surface area contributed by atoms with E-state index in [0.717, 1.165) is 29.0 Å². The number of carbonyl (C=O) groups is 2. The standard InChI is InChI=1S/C30H27F3N4O3/c1-36-25(16-18-35-36)19-27(29(39)40-2)37(20-22-6-11-23(12-7-22)26-5-3-4-17-34-26)28(38)15-10-21-8-13-24(14-9-21)30(31,32)33/h3-18,27H,19-20H2,1-2H3/b15-10+. The first-order valence-corrected chi connectivity index (χ1v) is 12.4. The lowest BCUT2D eigenvalue weighted by molar-refractivity contribution is -0.151. The second kappa shape index (κ2) is 12.4. The molecule has 0 saturated carbocycles. The molecule has 2 heterocycles. The summed E-state index contributed by atoms with van der Waals surface area (Å²) in [5, 5.41) is 4.14. The molecule has 10 heteroatoms. The molecule has 206 valence electrons. The predicted molar refractivity (Wildman–Crippen MR) is 143 cm³/mol. The van der Waals surface area contributed by atoms with Gasteiger partial charge in [-0.15, -0.1) is 0 Å². The van der Waals surface area contributed by atoms with Crippen molar-refractivity contribution in [1.29, 1.82) is 0 Å². The molecule has 0 spiro atoms. The Kier molecular flexibility index (Phi) is 8.78. The second-order valence-electron chi connectivity index (χ2n) is 9.02. The molecule has 7 nitrogen and oxygen atoms in total. The monoisotopic (exact) mass is 548 g/mol. The summed E-state index contributed by atoms with van der Waals surface area (Å²) in [5.41, 5.74) is 2.78. The third kappa shape index (κ3) is 7.02. The fourth-order valence-corrected chi connectivity index (χ4v) is 4.16. The zero-order valence-electron chi connectivity index (χ0n) is 21.9. The van der Waals surface area contributed by atoms with E-state index in [1.807, 2.05) is 42.5 Å². The molecule has 0 bridgehead atoms. The van der Waals surface area contributed by atoms with Crippen LogP contribution < -0.4 is 0 Å². The lowest BCUT2D eigenvalue weighted by Gasteiger charge is -2.29. The van der Waals surface area contributed by atoms with Gasteiger partial charge in [0.15, 0.2) is 0 Å². The molecule has 2 aromatic heterocycles. The summed E-state index contributed by atoms with van der Waals surface area (Å²) in [6.45, 7) is 0.0797. The lowest BCUT2D eigenvalue weighted by atomic mass is 10.0. The largest absolute Gasteiger partial charge is 0.467 e. The van der Waals surface area contributed by atoms with Crippen LogP contribution in [0.4, 0.5) is 13.2 Å². The van der Waals surface area contributed by atoms with E-state index >= 15 is 0 Å². The van der Waals surface area contributed by atoms with Gasteiger partial charge in [0.1, 0.15) is 6.04 Å². The van der Waals surface area contributed by atoms with Crippen LogP contribution in [-0.4, -0.2) is 44.7 Å². The van der Waals surface area contributed by atoms with Crippen LogP contribution in [0.2, 0.25) is 0 Å². The van der Waals surface area contributed by atoms with Crippen LogP contribution in [0.3, 0.4) is 0 Å². The van der Waals surface area contributed by atoms with E-state index < -0.39 is 29.7 Å². The van der Waals surface area contributed by atoms with Gasteiger partial charge in [-0.2, -0.15) is 18.3 Å². The van der Waals surface area contributed by atoms with Crippen molar-refractivity contribution < 1.29 is 27.5 Å². The number of aromatic nitrogens is 3. The van der Waals surface area contributed by atoms with Crippen molar-refractivity contribution in [2.75, 3.05) is 7.11 Å². The van der Waals surface area contributed by atoms with Crippen molar-refractivity contribution in [2.45, 2.75) is 25.2 Å². The number of benzene rings is 2. The Morgan fingerprint density at radius 3 is 2.30 bits per heavy atom. The molecule has 0 aliphatic heterocycles. The number of methoxy groups -OCH3 is 1. The number of alkyl halides is 3. The van der Waals surface area contributed by atoms with E-state index in [9.17, 15) is 22.8 Å². The molecule has 0 saturated heterocycles. The minimum absolute atomic E-state index is 0.0797. The minimum atomic E-state index is -4.46. The number of hydrogen-bond donors (Lipinski definition) is 0. The Bertz CT molecular complexity index is 1460. The maximum absolute atomic E-state index is 13.5. The quantitative estimate of drug-likeness (QED) is 0.209. The fraction of sp³-hybridized carbons (Fsp3) is 0.200. The molecule has 1 atom stereocenters. The van der Waals surface area contributed by atoms with Gasteiger partial charge in [0, 0.05) is 49.7 Å². The summed E-state index contributed by atoms with van der Waals surface area (Å²) in [5.74, 6) is -1.12. The molecule has 1 unspecified atom stereocenters. The van der Waals surface area contributed by atoms with Crippen molar-refractivity contribution in [3.63, 3.8) is 0 Å². The Morgan fingerprint density at radius 1 is 1.00 bits per heavy atom. The first-order valence-electron chi connectivity index (χ1n) is 12.4. The van der Waals surface area contributed by atoms with Crippen LogP contribution in [-0.2, 0) is 40.5 Å². The van der Waals surface area contributed by atoms with Gasteiger partial charge in [-0.05, 0) is 47.5 Å². The first-order chi connectivity index (χ1) is 19.2. The van der Waals surface area contributed by atoms with Crippen LogP contribution in [0.25, 0.3) is 17.3 Å². The molecular weight excluding hydrogens is 521 g/mol. The van der Waals surface area contributed by atoms with Gasteiger partial charge in [0.05, 0.1) is 18.4 Å². The number of pyridine rings is 1. The lowest BCUT2D eigenvalue weighted by Crippen LogP contribution is -2.46. The van der Waals surface area contributed by atoms with Gasteiger partial charge in [0.25, 0.3) is 0 Å². The molecule has 4 rings (SSSR count). The van der Waals surface area contributed by atoms with E-state index in [4.69, 9.17) is 4.74 Å². The number of carbonyl (C=O) groups excluding carboxylic acids is 2. The number of rotatable bonds is 9. The van der Waals surface area contributed by atoms with E-state index in [2.05, 4.69) is 10.1 Å². The number of hydrogen-bond acceptors (Lipinski definition) is 5. The summed E-state index contributed by atoms with van der Waals surface area (Å²) in [4.78, 5) is 32.2. The molecule has 4 aromatic rings. The molecular formula is C30H27F3N4O3. The molecule has 1 amide bonds. The average Bonchev–Trinajstić information content (AvgIpc) is 3.37. The van der Waals surface area contributed by atoms with Gasteiger partial charge in [0.2, 0.25) is 5.91 Å². The van der Waals surface area contributed by atoms with Gasteiger partial charge >= 0.3 is 12.1 Å². The first kappa shape index (κ1) is 28.3. The summed E-state index contributed by atoms with van der Waals surface area (Å²) >= 11 is 0. The topological polar surface area (TPSA) is 77.3 Å². The van der Waals surface area contributed by atoms with Crippen LogP contribution in [0, 0.1) is 0 Å². The van der Waals surface area contributed by atoms with Crippen LogP contribution in [0.5, 0.6) is 0 Å². The summed E-state index contributed by atoms with van der Waals surface area (Å²) in [7, 11) is 2.98. The van der Waals surface area contributed by atoms with Crippen LogP contribution in [0.1, 0.15) is 22.4 Å². The van der Waals surface area contributed by atoms with Crippen molar-refractivity contribution in [3.8, 4) is 11.3 Å². The van der Waals surface area contributed by atoms with Gasteiger partial charge < -0.3 is 9.64 Å². The zero-order valence-corrected chi connectivity index (χ0v) is 21.9. The third-order valence-electron chi connectivity index (χ3n) is 6.38. The van der Waals surface area contributed by atoms with E-state index in [1.54, 1.807) is 30.2 Å². The van der Waals surface area contributed by atoms with Crippen molar-refractivity contribution >= 4 is 18.0 Å². The molecule has 0 aliphatic carbocycles. The number of nitrogens with zero attached hydrogens (tertiary/aromatic N) is 4. The van der Waals surface area contributed by atoms with Crippen molar-refractivity contribution in [2.24, 2.45) is 7.05 Å². The number of esters is 1. The molecule has 0 aliphatic rings. The number of amides is 1. The zero-order chi connectivity index (χ0) is 28.7. The van der Waals surface area contributed by atoms with Crippen LogP contribution >= 0.6 is 0 Å². The van der Waals surface area contributed by atoms with E-state index in [0.29, 0.717) is 11.3 Å². The molecule has 2 aromatic carbocycles. The number of ether oxygens (including phenoxy) is 1. The predicted octanol–water partition coefficient (Wildman–Crippen LogP) is 5.33. The molecule has 0 fully saturated rings. The van der Waals surface area contributed by atoms with Crippen LogP contribution in [0.15, 0.2) is 91.3 Å². The summed E-state index contributed by atoms with van der Waals surface area (Å²) < 4.78 is 45.4.